The molecule has 0 spiro atoms. The highest BCUT2D eigenvalue weighted by Gasteiger charge is 2.16. The molecule has 0 bridgehead atoms. The standard InChI is InChI=1S/C19H17FN4O4/c1-12(28-14-8-6-13(20)7-9-14)18(26)23-22-17(25)10-24-11-21-16-5-3-2-4-15(16)19(24)27/h2-9,11-12H,10H2,1H3,(H,22,25)(H,23,26)/t12-/m0/s1. The molecule has 0 aliphatic heterocycles. The van der Waals surface area contributed by atoms with Crippen molar-refractivity contribution < 1.29 is 18.7 Å². The molecule has 0 fully saturated rings. The van der Waals surface area contributed by atoms with Crippen LogP contribution < -0.4 is 21.1 Å². The molecule has 0 aliphatic rings. The van der Waals surface area contributed by atoms with Gasteiger partial charge in [-0.15, -0.1) is 0 Å². The maximum Gasteiger partial charge on any atom is 0.279 e. The van der Waals surface area contributed by atoms with Gasteiger partial charge < -0.3 is 4.74 Å². The number of nitrogens with one attached hydrogen (secondary N) is 2. The summed E-state index contributed by atoms with van der Waals surface area (Å²) in [5.74, 6) is -1.33. The lowest BCUT2D eigenvalue weighted by molar-refractivity contribution is -0.133. The molecule has 1 atom stereocenters. The van der Waals surface area contributed by atoms with Crippen LogP contribution in [0, 0.1) is 5.82 Å². The predicted octanol–water partition coefficient (Wildman–Crippen LogP) is 1.15. The number of benzene rings is 2. The molecular weight excluding hydrogens is 367 g/mol. The Kier molecular flexibility index (Phi) is 5.64. The Morgan fingerprint density at radius 1 is 1.14 bits per heavy atom. The highest BCUT2D eigenvalue weighted by Crippen LogP contribution is 2.12. The lowest BCUT2D eigenvalue weighted by atomic mass is 10.2. The van der Waals surface area contributed by atoms with E-state index in [1.165, 1.54) is 37.5 Å². The van der Waals surface area contributed by atoms with Crippen molar-refractivity contribution in [2.75, 3.05) is 0 Å². The number of aromatic nitrogens is 2. The molecule has 1 aromatic heterocycles. The summed E-state index contributed by atoms with van der Waals surface area (Å²) in [4.78, 5) is 40.5. The number of nitrogens with zero attached hydrogens (tertiary/aromatic N) is 2. The molecular formula is C19H17FN4O4. The van der Waals surface area contributed by atoms with Gasteiger partial charge in [0.2, 0.25) is 0 Å². The second-order valence-electron chi connectivity index (χ2n) is 5.95. The van der Waals surface area contributed by atoms with Crippen LogP contribution in [0.2, 0.25) is 0 Å². The van der Waals surface area contributed by atoms with E-state index in [1.54, 1.807) is 24.3 Å². The van der Waals surface area contributed by atoms with Crippen molar-refractivity contribution in [3.05, 3.63) is 71.0 Å². The summed E-state index contributed by atoms with van der Waals surface area (Å²) in [6.07, 6.45) is 0.336. The van der Waals surface area contributed by atoms with Crippen LogP contribution in [-0.2, 0) is 16.1 Å². The van der Waals surface area contributed by atoms with E-state index in [-0.39, 0.29) is 12.1 Å². The second-order valence-corrected chi connectivity index (χ2v) is 5.95. The molecule has 3 rings (SSSR count). The molecule has 0 aliphatic carbocycles. The fraction of sp³-hybridized carbons (Fsp3) is 0.158. The summed E-state index contributed by atoms with van der Waals surface area (Å²) in [6.45, 7) is 1.16. The second kappa shape index (κ2) is 8.30. The van der Waals surface area contributed by atoms with Crippen molar-refractivity contribution in [1.82, 2.24) is 20.4 Å². The average Bonchev–Trinajstić information content (AvgIpc) is 2.70. The van der Waals surface area contributed by atoms with Crippen LogP contribution in [0.1, 0.15) is 6.92 Å². The van der Waals surface area contributed by atoms with Crippen LogP contribution in [0.3, 0.4) is 0 Å². The normalized spacial score (nSPS) is 11.6. The zero-order valence-electron chi connectivity index (χ0n) is 14.9. The summed E-state index contributed by atoms with van der Waals surface area (Å²) in [7, 11) is 0. The van der Waals surface area contributed by atoms with Crippen molar-refractivity contribution in [2.45, 2.75) is 19.6 Å². The molecule has 28 heavy (non-hydrogen) atoms. The van der Waals surface area contributed by atoms with Gasteiger partial charge in [0, 0.05) is 0 Å². The molecule has 2 aromatic carbocycles. The van der Waals surface area contributed by atoms with Gasteiger partial charge >= 0.3 is 0 Å². The van der Waals surface area contributed by atoms with Crippen LogP contribution in [0.25, 0.3) is 10.9 Å². The number of amides is 2. The number of halogens is 1. The minimum absolute atomic E-state index is 0.309. The van der Waals surface area contributed by atoms with Gasteiger partial charge in [0.15, 0.2) is 6.10 Å². The van der Waals surface area contributed by atoms with Crippen LogP contribution >= 0.6 is 0 Å². The van der Waals surface area contributed by atoms with Gasteiger partial charge in [-0.25, -0.2) is 9.37 Å². The Labute approximate surface area is 158 Å². The first-order valence-corrected chi connectivity index (χ1v) is 8.39. The van der Waals surface area contributed by atoms with Crippen LogP contribution in [0.4, 0.5) is 4.39 Å². The Balaban J connectivity index is 1.55. The number of fused-ring (bicyclic) bond motifs is 1. The largest absolute Gasteiger partial charge is 0.481 e. The van der Waals surface area contributed by atoms with Gasteiger partial charge in [0.1, 0.15) is 18.1 Å². The van der Waals surface area contributed by atoms with Crippen molar-refractivity contribution in [2.24, 2.45) is 0 Å². The third-order valence-corrected chi connectivity index (χ3v) is 3.87. The zero-order chi connectivity index (χ0) is 20.1. The molecule has 0 radical (unpaired) electrons. The number of hydrazine groups is 1. The third kappa shape index (κ3) is 4.50. The molecule has 2 amide bonds. The molecule has 144 valence electrons. The number of rotatable bonds is 5. The highest BCUT2D eigenvalue weighted by molar-refractivity contribution is 5.84. The summed E-state index contributed by atoms with van der Waals surface area (Å²) in [6, 6.07) is 12.0. The fourth-order valence-electron chi connectivity index (χ4n) is 2.42. The number of ether oxygens (including phenoxy) is 1. The molecule has 2 N–H and O–H groups in total. The molecule has 0 unspecified atom stereocenters. The summed E-state index contributed by atoms with van der Waals surface area (Å²) < 4.78 is 19.4. The van der Waals surface area contributed by atoms with Crippen molar-refractivity contribution in [3.63, 3.8) is 0 Å². The van der Waals surface area contributed by atoms with Gasteiger partial charge in [-0.3, -0.25) is 29.8 Å². The van der Waals surface area contributed by atoms with Crippen molar-refractivity contribution in [1.29, 1.82) is 0 Å². The molecule has 8 nitrogen and oxygen atoms in total. The van der Waals surface area contributed by atoms with E-state index in [0.717, 1.165) is 4.57 Å². The highest BCUT2D eigenvalue weighted by atomic mass is 19.1. The summed E-state index contributed by atoms with van der Waals surface area (Å²) in [5.41, 5.74) is 4.60. The molecule has 9 heteroatoms. The monoisotopic (exact) mass is 384 g/mol. The van der Waals surface area contributed by atoms with E-state index < -0.39 is 23.7 Å². The van der Waals surface area contributed by atoms with Gasteiger partial charge in [0.25, 0.3) is 17.4 Å². The maximum atomic E-state index is 12.9. The molecule has 3 aromatic rings. The van der Waals surface area contributed by atoms with E-state index in [0.29, 0.717) is 16.7 Å². The number of hydrogen-bond acceptors (Lipinski definition) is 5. The minimum atomic E-state index is -0.934. The number of carbonyl (C=O) groups is 2. The van der Waals surface area contributed by atoms with Crippen LogP contribution in [0.5, 0.6) is 5.75 Å². The van der Waals surface area contributed by atoms with Crippen LogP contribution in [-0.4, -0.2) is 27.5 Å². The van der Waals surface area contributed by atoms with Gasteiger partial charge in [-0.05, 0) is 43.3 Å². The van der Waals surface area contributed by atoms with E-state index in [1.807, 2.05) is 0 Å². The molecule has 1 heterocycles. The Morgan fingerprint density at radius 3 is 2.61 bits per heavy atom. The Bertz CT molecular complexity index is 1070. The number of carbonyl (C=O) groups excluding carboxylic acids is 2. The quantitative estimate of drug-likeness (QED) is 0.643. The number of para-hydroxylation sites is 1. The molecule has 0 saturated heterocycles. The van der Waals surface area contributed by atoms with Crippen LogP contribution in [0.15, 0.2) is 59.7 Å². The Hall–Kier alpha value is -3.75. The summed E-state index contributed by atoms with van der Waals surface area (Å²) >= 11 is 0. The fourth-order valence-corrected chi connectivity index (χ4v) is 2.42. The molecule has 0 saturated carbocycles. The van der Waals surface area contributed by atoms with Gasteiger partial charge in [-0.1, -0.05) is 12.1 Å². The maximum absolute atomic E-state index is 12.9. The summed E-state index contributed by atoms with van der Waals surface area (Å²) in [5, 5.41) is 0.392. The van der Waals surface area contributed by atoms with E-state index >= 15 is 0 Å². The SMILES string of the molecule is C[C@H](Oc1ccc(F)cc1)C(=O)NNC(=O)Cn1cnc2ccccc2c1=O. The predicted molar refractivity (Wildman–Crippen MR) is 98.8 cm³/mol. The first kappa shape index (κ1) is 19.0. The smallest absolute Gasteiger partial charge is 0.279 e. The Morgan fingerprint density at radius 2 is 1.86 bits per heavy atom. The van der Waals surface area contributed by atoms with Crippen molar-refractivity contribution in [3.8, 4) is 5.75 Å². The van der Waals surface area contributed by atoms with E-state index in [4.69, 9.17) is 4.74 Å². The zero-order valence-corrected chi connectivity index (χ0v) is 14.9. The van der Waals surface area contributed by atoms with Crippen molar-refractivity contribution >= 4 is 22.7 Å². The first-order chi connectivity index (χ1) is 13.4. The first-order valence-electron chi connectivity index (χ1n) is 8.39. The minimum Gasteiger partial charge on any atom is -0.481 e. The number of hydrogen-bond donors (Lipinski definition) is 2. The topological polar surface area (TPSA) is 102 Å². The average molecular weight is 384 g/mol. The van der Waals surface area contributed by atoms with E-state index in [2.05, 4.69) is 15.8 Å². The van der Waals surface area contributed by atoms with Gasteiger partial charge in [0.05, 0.1) is 17.2 Å². The third-order valence-electron chi connectivity index (χ3n) is 3.87. The lowest BCUT2D eigenvalue weighted by Gasteiger charge is -2.15. The van der Waals surface area contributed by atoms with Gasteiger partial charge in [-0.2, -0.15) is 0 Å². The van der Waals surface area contributed by atoms with E-state index in [9.17, 15) is 18.8 Å². The lowest BCUT2D eigenvalue weighted by Crippen LogP contribution is -2.48.